The van der Waals surface area contributed by atoms with E-state index in [4.69, 9.17) is 10.00 Å². The van der Waals surface area contributed by atoms with E-state index < -0.39 is 0 Å². The van der Waals surface area contributed by atoms with Gasteiger partial charge in [-0.05, 0) is 37.0 Å². The zero-order valence-corrected chi connectivity index (χ0v) is 17.6. The average Bonchev–Trinajstić information content (AvgIpc) is 3.26. The van der Waals surface area contributed by atoms with Crippen molar-refractivity contribution in [2.75, 3.05) is 49.2 Å². The largest absolute Gasteiger partial charge is 0.378 e. The predicted octanol–water partition coefficient (Wildman–Crippen LogP) is 3.25. The number of morpholine rings is 1. The number of hydrogen-bond acceptors (Lipinski definition) is 8. The summed E-state index contributed by atoms with van der Waals surface area (Å²) in [6.07, 6.45) is 6.61. The lowest BCUT2D eigenvalue weighted by Crippen LogP contribution is -2.37. The molecule has 7 nitrogen and oxygen atoms in total. The molecular formula is C22H24N6OS. The Morgan fingerprint density at radius 1 is 1.13 bits per heavy atom. The number of anilines is 2. The number of hydrogen-bond donors (Lipinski definition) is 0. The standard InChI is InChI=1S/C22H24N6OS/c23-12-18-13-24-21(30-18)10-16-2-1-5-28(14-16)22-19-4-3-17(11-20(19)25-15-26-22)27-6-8-29-9-7-27/h3-4,11,13,15-16H,1-2,5-10,14H2. The maximum atomic E-state index is 9.04. The van der Waals surface area contributed by atoms with Crippen LogP contribution in [0.2, 0.25) is 0 Å². The molecule has 2 fully saturated rings. The van der Waals surface area contributed by atoms with Crippen LogP contribution < -0.4 is 9.80 Å². The number of ether oxygens (including phenoxy) is 1. The summed E-state index contributed by atoms with van der Waals surface area (Å²) in [6.45, 7) is 5.35. The van der Waals surface area contributed by atoms with E-state index in [0.29, 0.717) is 10.8 Å². The smallest absolute Gasteiger partial charge is 0.139 e. The van der Waals surface area contributed by atoms with Gasteiger partial charge in [0.1, 0.15) is 23.1 Å². The molecule has 3 aromatic rings. The number of aromatic nitrogens is 3. The first kappa shape index (κ1) is 19.2. The summed E-state index contributed by atoms with van der Waals surface area (Å²) in [4.78, 5) is 19.1. The lowest BCUT2D eigenvalue weighted by molar-refractivity contribution is 0.122. The van der Waals surface area contributed by atoms with Gasteiger partial charge in [0.2, 0.25) is 0 Å². The van der Waals surface area contributed by atoms with Crippen LogP contribution >= 0.6 is 11.3 Å². The van der Waals surface area contributed by atoms with E-state index in [1.54, 1.807) is 12.5 Å². The van der Waals surface area contributed by atoms with E-state index in [2.05, 4.69) is 49.0 Å². The Morgan fingerprint density at radius 3 is 2.87 bits per heavy atom. The van der Waals surface area contributed by atoms with Crippen molar-refractivity contribution in [1.82, 2.24) is 15.0 Å². The Bertz CT molecular complexity index is 1070. The molecule has 2 aliphatic heterocycles. The van der Waals surface area contributed by atoms with Gasteiger partial charge in [0.25, 0.3) is 0 Å². The van der Waals surface area contributed by atoms with Crippen molar-refractivity contribution in [2.24, 2.45) is 5.92 Å². The van der Waals surface area contributed by atoms with Gasteiger partial charge in [-0.1, -0.05) is 0 Å². The third kappa shape index (κ3) is 3.95. The molecule has 0 aliphatic carbocycles. The van der Waals surface area contributed by atoms with E-state index >= 15 is 0 Å². The van der Waals surface area contributed by atoms with Gasteiger partial charge in [-0.3, -0.25) is 0 Å². The fourth-order valence-electron chi connectivity index (χ4n) is 4.43. The highest BCUT2D eigenvalue weighted by Crippen LogP contribution is 2.31. The normalized spacial score (nSPS) is 19.8. The molecule has 8 heteroatoms. The van der Waals surface area contributed by atoms with Crippen LogP contribution in [0.5, 0.6) is 0 Å². The van der Waals surface area contributed by atoms with Crippen LogP contribution in [0.3, 0.4) is 0 Å². The van der Waals surface area contributed by atoms with Gasteiger partial charge in [0.05, 0.1) is 29.9 Å². The molecule has 2 saturated heterocycles. The highest BCUT2D eigenvalue weighted by molar-refractivity contribution is 7.12. The van der Waals surface area contributed by atoms with Gasteiger partial charge < -0.3 is 14.5 Å². The molecule has 4 heterocycles. The van der Waals surface area contributed by atoms with Crippen LogP contribution in [0, 0.1) is 17.2 Å². The minimum Gasteiger partial charge on any atom is -0.378 e. The first-order valence-corrected chi connectivity index (χ1v) is 11.3. The molecule has 1 atom stereocenters. The van der Waals surface area contributed by atoms with E-state index in [1.807, 2.05) is 0 Å². The second kappa shape index (κ2) is 8.54. The number of thiazole rings is 1. The molecule has 1 unspecified atom stereocenters. The van der Waals surface area contributed by atoms with Crippen LogP contribution in [0.25, 0.3) is 10.9 Å². The van der Waals surface area contributed by atoms with E-state index in [1.165, 1.54) is 23.4 Å². The quantitative estimate of drug-likeness (QED) is 0.641. The fraction of sp³-hybridized carbons (Fsp3) is 0.455. The van der Waals surface area contributed by atoms with Gasteiger partial charge in [-0.15, -0.1) is 11.3 Å². The Hall–Kier alpha value is -2.76. The molecular weight excluding hydrogens is 396 g/mol. The summed E-state index contributed by atoms with van der Waals surface area (Å²) >= 11 is 1.51. The van der Waals surface area contributed by atoms with Crippen molar-refractivity contribution < 1.29 is 4.74 Å². The Kier molecular flexibility index (Phi) is 5.47. The minimum absolute atomic E-state index is 0.522. The minimum atomic E-state index is 0.522. The van der Waals surface area contributed by atoms with E-state index in [0.717, 1.165) is 74.0 Å². The highest BCUT2D eigenvalue weighted by Gasteiger charge is 2.24. The number of fused-ring (bicyclic) bond motifs is 1. The number of piperidine rings is 1. The summed E-state index contributed by atoms with van der Waals surface area (Å²) < 4.78 is 5.47. The molecule has 154 valence electrons. The monoisotopic (exact) mass is 420 g/mol. The summed E-state index contributed by atoms with van der Waals surface area (Å²) in [5.41, 5.74) is 2.19. The molecule has 0 spiro atoms. The number of benzene rings is 1. The van der Waals surface area contributed by atoms with E-state index in [9.17, 15) is 0 Å². The molecule has 2 aromatic heterocycles. The first-order valence-electron chi connectivity index (χ1n) is 10.5. The lowest BCUT2D eigenvalue weighted by atomic mass is 9.95. The van der Waals surface area contributed by atoms with Gasteiger partial charge >= 0.3 is 0 Å². The molecule has 0 saturated carbocycles. The summed E-state index contributed by atoms with van der Waals surface area (Å²) in [6, 6.07) is 8.71. The van der Waals surface area contributed by atoms with Gasteiger partial charge in [-0.25, -0.2) is 15.0 Å². The summed E-state index contributed by atoms with van der Waals surface area (Å²) in [5, 5.41) is 11.2. The zero-order valence-electron chi connectivity index (χ0n) is 16.8. The van der Waals surface area contributed by atoms with Gasteiger partial charge in [0, 0.05) is 43.7 Å². The number of nitriles is 1. The maximum absolute atomic E-state index is 9.04. The van der Waals surface area contributed by atoms with Crippen LogP contribution in [0.4, 0.5) is 11.5 Å². The second-order valence-electron chi connectivity index (χ2n) is 7.89. The lowest BCUT2D eigenvalue weighted by Gasteiger charge is -2.34. The Morgan fingerprint density at radius 2 is 2.03 bits per heavy atom. The summed E-state index contributed by atoms with van der Waals surface area (Å²) in [5.74, 6) is 1.55. The van der Waals surface area contributed by atoms with Crippen molar-refractivity contribution in [3.63, 3.8) is 0 Å². The number of rotatable bonds is 4. The molecule has 5 rings (SSSR count). The Balaban J connectivity index is 1.36. The zero-order chi connectivity index (χ0) is 20.3. The molecule has 0 amide bonds. The van der Waals surface area contributed by atoms with Crippen molar-refractivity contribution in [3.05, 3.63) is 40.6 Å². The molecule has 0 bridgehead atoms. The van der Waals surface area contributed by atoms with Gasteiger partial charge in [-0.2, -0.15) is 5.26 Å². The SMILES string of the molecule is N#Cc1cnc(CC2CCCN(c3ncnc4cc(N5CCOCC5)ccc34)C2)s1. The van der Waals surface area contributed by atoms with Crippen LogP contribution in [0.1, 0.15) is 22.7 Å². The molecule has 2 aliphatic rings. The van der Waals surface area contributed by atoms with Crippen molar-refractivity contribution in [1.29, 1.82) is 5.26 Å². The topological polar surface area (TPSA) is 78.2 Å². The molecule has 0 radical (unpaired) electrons. The first-order chi connectivity index (χ1) is 14.8. The summed E-state index contributed by atoms with van der Waals surface area (Å²) in [7, 11) is 0. The van der Waals surface area contributed by atoms with Crippen LogP contribution in [0.15, 0.2) is 30.7 Å². The van der Waals surface area contributed by atoms with Crippen molar-refractivity contribution in [3.8, 4) is 6.07 Å². The highest BCUT2D eigenvalue weighted by atomic mass is 32.1. The van der Waals surface area contributed by atoms with Gasteiger partial charge in [0.15, 0.2) is 0 Å². The third-order valence-corrected chi connectivity index (χ3v) is 6.85. The molecule has 30 heavy (non-hydrogen) atoms. The molecule has 1 aromatic carbocycles. The maximum Gasteiger partial charge on any atom is 0.139 e. The van der Waals surface area contributed by atoms with Crippen molar-refractivity contribution >= 4 is 33.7 Å². The second-order valence-corrected chi connectivity index (χ2v) is 9.00. The predicted molar refractivity (Wildman–Crippen MR) is 118 cm³/mol. The molecule has 0 N–H and O–H groups in total. The Labute approximate surface area is 179 Å². The van der Waals surface area contributed by atoms with Crippen LogP contribution in [-0.2, 0) is 11.2 Å². The average molecular weight is 421 g/mol. The van der Waals surface area contributed by atoms with Crippen molar-refractivity contribution in [2.45, 2.75) is 19.3 Å². The third-order valence-electron chi connectivity index (χ3n) is 5.92. The number of nitrogens with zero attached hydrogens (tertiary/aromatic N) is 6. The van der Waals surface area contributed by atoms with Crippen LogP contribution in [-0.4, -0.2) is 54.3 Å². The fourth-order valence-corrected chi connectivity index (χ4v) is 5.26. The van der Waals surface area contributed by atoms with E-state index in [-0.39, 0.29) is 0 Å².